The van der Waals surface area contributed by atoms with Crippen molar-refractivity contribution in [1.82, 2.24) is 9.88 Å². The van der Waals surface area contributed by atoms with Crippen LogP contribution in [-0.2, 0) is 6.61 Å². The summed E-state index contributed by atoms with van der Waals surface area (Å²) < 4.78 is 5.99. The Morgan fingerprint density at radius 2 is 1.94 bits per heavy atom. The second-order valence-corrected chi connectivity index (χ2v) is 8.93. The minimum Gasteiger partial charge on any atom is -0.508 e. The van der Waals surface area contributed by atoms with E-state index in [1.165, 1.54) is 11.1 Å². The fraction of sp³-hybridized carbons (Fsp3) is 0.250. The van der Waals surface area contributed by atoms with Gasteiger partial charge in [0.2, 0.25) is 0 Å². The van der Waals surface area contributed by atoms with E-state index in [1.807, 2.05) is 24.3 Å². The molecule has 4 nitrogen and oxygen atoms in total. The number of ether oxygens (including phenoxy) is 1. The Labute approximate surface area is 199 Å². The van der Waals surface area contributed by atoms with Gasteiger partial charge in [-0.05, 0) is 72.4 Å². The molecule has 2 aromatic carbocycles. The quantitative estimate of drug-likeness (QED) is 0.496. The van der Waals surface area contributed by atoms with Gasteiger partial charge in [0.15, 0.2) is 0 Å². The van der Waals surface area contributed by atoms with Gasteiger partial charge in [0.25, 0.3) is 0 Å². The lowest BCUT2D eigenvalue weighted by Crippen LogP contribution is -2.25. The van der Waals surface area contributed by atoms with Crippen molar-refractivity contribution < 1.29 is 9.84 Å². The number of phenolic OH excluding ortho intramolecular Hbond substituents is 1. The number of aromatic nitrogens is 1. The number of halogens is 1. The summed E-state index contributed by atoms with van der Waals surface area (Å²) in [6.07, 6.45) is 9.43. The van der Waals surface area contributed by atoms with Crippen LogP contribution in [0, 0.1) is 0 Å². The Morgan fingerprint density at radius 3 is 2.82 bits per heavy atom. The predicted octanol–water partition coefficient (Wildman–Crippen LogP) is 6.33. The maximum atomic E-state index is 10.1. The molecule has 0 saturated heterocycles. The first-order valence-electron chi connectivity index (χ1n) is 11.5. The molecule has 0 fully saturated rings. The van der Waals surface area contributed by atoms with Gasteiger partial charge in [-0.3, -0.25) is 4.98 Å². The zero-order chi connectivity index (χ0) is 22.6. The number of nitrogens with zero attached hydrogens (tertiary/aromatic N) is 2. The molecular weight excluding hydrogens is 432 g/mol. The SMILES string of the molecule is Oc1ccc2c(c1)/C(=C/CCN1CCC=C(c3ccc(Cl)cc3)CC1)c1cccnc1CO2. The highest BCUT2D eigenvalue weighted by Gasteiger charge is 2.20. The Hall–Kier alpha value is -3.08. The average Bonchev–Trinajstić information content (AvgIpc) is 3.15. The summed E-state index contributed by atoms with van der Waals surface area (Å²) in [5.41, 5.74) is 6.66. The first-order valence-corrected chi connectivity index (χ1v) is 11.8. The molecule has 0 amide bonds. The highest BCUT2D eigenvalue weighted by atomic mass is 35.5. The molecule has 0 radical (unpaired) electrons. The zero-order valence-electron chi connectivity index (χ0n) is 18.5. The second-order valence-electron chi connectivity index (χ2n) is 8.49. The topological polar surface area (TPSA) is 45.6 Å². The van der Waals surface area contributed by atoms with Crippen LogP contribution in [0.25, 0.3) is 11.1 Å². The largest absolute Gasteiger partial charge is 0.508 e. The van der Waals surface area contributed by atoms with Crippen LogP contribution in [0.3, 0.4) is 0 Å². The van der Waals surface area contributed by atoms with Crippen molar-refractivity contribution in [3.63, 3.8) is 0 Å². The Bertz CT molecular complexity index is 1200. The minimum absolute atomic E-state index is 0.240. The third-order valence-corrected chi connectivity index (χ3v) is 6.59. The highest BCUT2D eigenvalue weighted by Crippen LogP contribution is 2.38. The monoisotopic (exact) mass is 458 g/mol. The number of pyridine rings is 1. The van der Waals surface area contributed by atoms with Gasteiger partial charge in [0.1, 0.15) is 18.1 Å². The number of hydrogen-bond acceptors (Lipinski definition) is 4. The van der Waals surface area contributed by atoms with Crippen LogP contribution in [0.1, 0.15) is 41.6 Å². The van der Waals surface area contributed by atoms with E-state index in [2.05, 4.69) is 40.2 Å². The molecule has 0 atom stereocenters. The summed E-state index contributed by atoms with van der Waals surface area (Å²) in [6.45, 7) is 3.50. The van der Waals surface area contributed by atoms with Gasteiger partial charge in [-0.2, -0.15) is 0 Å². The number of benzene rings is 2. The lowest BCUT2D eigenvalue weighted by atomic mass is 9.95. The van der Waals surface area contributed by atoms with E-state index in [0.717, 1.165) is 72.1 Å². The maximum absolute atomic E-state index is 10.1. The second kappa shape index (κ2) is 9.82. The van der Waals surface area contributed by atoms with Gasteiger partial charge in [-0.25, -0.2) is 0 Å². The fourth-order valence-corrected chi connectivity index (χ4v) is 4.74. The summed E-state index contributed by atoms with van der Waals surface area (Å²) in [6, 6.07) is 17.5. The molecule has 0 unspecified atom stereocenters. The Balaban J connectivity index is 1.31. The van der Waals surface area contributed by atoms with Gasteiger partial charge in [0.05, 0.1) is 5.69 Å². The van der Waals surface area contributed by atoms with E-state index in [0.29, 0.717) is 6.61 Å². The van der Waals surface area contributed by atoms with E-state index < -0.39 is 0 Å². The lowest BCUT2D eigenvalue weighted by Gasteiger charge is -2.19. The zero-order valence-corrected chi connectivity index (χ0v) is 19.3. The van der Waals surface area contributed by atoms with Crippen LogP contribution in [0.5, 0.6) is 11.5 Å². The van der Waals surface area contributed by atoms with E-state index in [4.69, 9.17) is 16.3 Å². The third kappa shape index (κ3) is 4.97. The Morgan fingerprint density at radius 1 is 1.06 bits per heavy atom. The van der Waals surface area contributed by atoms with Crippen LogP contribution >= 0.6 is 11.6 Å². The normalized spacial score (nSPS) is 17.4. The molecule has 5 heteroatoms. The molecule has 1 N–H and O–H groups in total. The summed E-state index contributed by atoms with van der Waals surface area (Å²) >= 11 is 6.05. The molecule has 2 aliphatic rings. The van der Waals surface area contributed by atoms with Gasteiger partial charge < -0.3 is 14.7 Å². The fourth-order valence-electron chi connectivity index (χ4n) is 4.62. The molecule has 0 bridgehead atoms. The van der Waals surface area contributed by atoms with Crippen molar-refractivity contribution in [2.75, 3.05) is 19.6 Å². The van der Waals surface area contributed by atoms with Crippen molar-refractivity contribution in [2.45, 2.75) is 25.9 Å². The number of aromatic hydroxyl groups is 1. The van der Waals surface area contributed by atoms with E-state index in [9.17, 15) is 5.11 Å². The van der Waals surface area contributed by atoms with Crippen molar-refractivity contribution >= 4 is 22.7 Å². The molecule has 33 heavy (non-hydrogen) atoms. The van der Waals surface area contributed by atoms with E-state index in [1.54, 1.807) is 18.3 Å². The molecule has 0 saturated carbocycles. The Kier molecular flexibility index (Phi) is 6.47. The molecule has 3 heterocycles. The smallest absolute Gasteiger partial charge is 0.131 e. The molecule has 1 aromatic heterocycles. The number of fused-ring (bicyclic) bond motifs is 2. The lowest BCUT2D eigenvalue weighted by molar-refractivity contribution is 0.295. The molecule has 2 aliphatic heterocycles. The van der Waals surface area contributed by atoms with Crippen molar-refractivity contribution in [2.24, 2.45) is 0 Å². The van der Waals surface area contributed by atoms with Crippen LogP contribution in [0.15, 0.2) is 72.9 Å². The van der Waals surface area contributed by atoms with Crippen molar-refractivity contribution in [3.05, 3.63) is 100 Å². The van der Waals surface area contributed by atoms with E-state index in [-0.39, 0.29) is 5.75 Å². The first-order chi connectivity index (χ1) is 16.2. The van der Waals surface area contributed by atoms with Gasteiger partial charge in [-0.15, -0.1) is 0 Å². The maximum Gasteiger partial charge on any atom is 0.131 e. The molecular formula is C28H27ClN2O2. The molecule has 0 aliphatic carbocycles. The first kappa shape index (κ1) is 21.7. The summed E-state index contributed by atoms with van der Waals surface area (Å²) in [7, 11) is 0. The minimum atomic E-state index is 0.240. The predicted molar refractivity (Wildman–Crippen MR) is 133 cm³/mol. The molecule has 0 spiro atoms. The number of hydrogen-bond donors (Lipinski definition) is 1. The van der Waals surface area contributed by atoms with Crippen molar-refractivity contribution in [3.8, 4) is 11.5 Å². The van der Waals surface area contributed by atoms with Gasteiger partial charge in [0, 0.05) is 42.0 Å². The average molecular weight is 459 g/mol. The molecule has 168 valence electrons. The highest BCUT2D eigenvalue weighted by molar-refractivity contribution is 6.30. The van der Waals surface area contributed by atoms with Crippen LogP contribution < -0.4 is 4.74 Å². The summed E-state index contributed by atoms with van der Waals surface area (Å²) in [5.74, 6) is 1.02. The molecule has 3 aromatic rings. The summed E-state index contributed by atoms with van der Waals surface area (Å²) in [4.78, 5) is 7.06. The van der Waals surface area contributed by atoms with Crippen LogP contribution in [0.2, 0.25) is 5.02 Å². The van der Waals surface area contributed by atoms with Crippen LogP contribution in [0.4, 0.5) is 0 Å². The van der Waals surface area contributed by atoms with Crippen molar-refractivity contribution in [1.29, 1.82) is 0 Å². The third-order valence-electron chi connectivity index (χ3n) is 6.34. The van der Waals surface area contributed by atoms with Gasteiger partial charge >= 0.3 is 0 Å². The number of phenols is 1. The van der Waals surface area contributed by atoms with Crippen LogP contribution in [-0.4, -0.2) is 34.6 Å². The standard InChI is InChI=1S/C28H27ClN2O2/c29-22-9-7-21(8-10-22)20-4-2-15-31(17-13-20)16-3-6-24-25-5-1-14-30-27(25)19-33-28-12-11-23(32)18-26(24)28/h1,4-12,14,18,32H,2-3,13,15-17,19H2/b24-6+. The summed E-state index contributed by atoms with van der Waals surface area (Å²) in [5, 5.41) is 10.9. The number of rotatable bonds is 4. The van der Waals surface area contributed by atoms with E-state index >= 15 is 0 Å². The van der Waals surface area contributed by atoms with Gasteiger partial charge in [-0.1, -0.05) is 42.0 Å². The molecule has 5 rings (SSSR count).